The lowest BCUT2D eigenvalue weighted by Gasteiger charge is -2.00. The molecule has 0 unspecified atom stereocenters. The first-order chi connectivity index (χ1) is 9.47. The Bertz CT molecular complexity index is 627. The molecule has 0 aliphatic heterocycles. The third kappa shape index (κ3) is 4.45. The van der Waals surface area contributed by atoms with Crippen molar-refractivity contribution in [2.75, 3.05) is 0 Å². The third-order valence-corrected chi connectivity index (χ3v) is 2.84. The first kappa shape index (κ1) is 15.8. The van der Waals surface area contributed by atoms with Gasteiger partial charge in [0.2, 0.25) is 0 Å². The second kappa shape index (κ2) is 7.37. The third-order valence-electron chi connectivity index (χ3n) is 2.84. The molecular formula is C16H20N4. The number of aromatic nitrogens is 2. The van der Waals surface area contributed by atoms with Crippen LogP contribution >= 0.6 is 0 Å². The molecule has 2 aromatic rings. The Morgan fingerprint density at radius 3 is 2.00 bits per heavy atom. The molecule has 4 nitrogen and oxygen atoms in total. The number of pyridine rings is 2. The standard InChI is InChI=1S/C8H12N2.C8H8N2/c2*1-6-3-7(2)8(4-9)10-5-6/h3,5H,4,9H2,1-2H3;3,5H,1-2H3. The molecule has 0 saturated heterocycles. The van der Waals surface area contributed by atoms with Gasteiger partial charge in [0, 0.05) is 18.9 Å². The first-order valence-electron chi connectivity index (χ1n) is 6.43. The van der Waals surface area contributed by atoms with E-state index in [1.807, 2.05) is 46.0 Å². The minimum absolute atomic E-state index is 0.519. The summed E-state index contributed by atoms with van der Waals surface area (Å²) in [5, 5.41) is 8.50. The molecule has 20 heavy (non-hydrogen) atoms. The van der Waals surface area contributed by atoms with Crippen molar-refractivity contribution in [2.45, 2.75) is 34.2 Å². The summed E-state index contributed by atoms with van der Waals surface area (Å²) in [4.78, 5) is 8.11. The lowest BCUT2D eigenvalue weighted by atomic mass is 10.2. The highest BCUT2D eigenvalue weighted by Gasteiger charge is 1.96. The highest BCUT2D eigenvalue weighted by atomic mass is 14.7. The average Bonchev–Trinajstić information content (AvgIpc) is 2.40. The maximum atomic E-state index is 8.50. The Hall–Kier alpha value is -2.25. The van der Waals surface area contributed by atoms with Crippen LogP contribution in [0.15, 0.2) is 24.5 Å². The molecule has 2 N–H and O–H groups in total. The van der Waals surface area contributed by atoms with Crippen LogP contribution < -0.4 is 5.73 Å². The van der Waals surface area contributed by atoms with Gasteiger partial charge in [0.15, 0.2) is 0 Å². The summed E-state index contributed by atoms with van der Waals surface area (Å²) >= 11 is 0. The van der Waals surface area contributed by atoms with E-state index in [0.29, 0.717) is 12.2 Å². The van der Waals surface area contributed by atoms with Gasteiger partial charge in [0.1, 0.15) is 11.8 Å². The second-order valence-corrected chi connectivity index (χ2v) is 4.77. The van der Waals surface area contributed by atoms with Crippen molar-refractivity contribution >= 4 is 0 Å². The first-order valence-corrected chi connectivity index (χ1v) is 6.43. The molecule has 0 saturated carbocycles. The topological polar surface area (TPSA) is 75.6 Å². The maximum absolute atomic E-state index is 8.50. The number of hydrogen-bond donors (Lipinski definition) is 1. The van der Waals surface area contributed by atoms with Crippen molar-refractivity contribution in [2.24, 2.45) is 5.73 Å². The van der Waals surface area contributed by atoms with Crippen LogP contribution in [0.5, 0.6) is 0 Å². The van der Waals surface area contributed by atoms with Crippen molar-refractivity contribution in [3.05, 3.63) is 58.2 Å². The van der Waals surface area contributed by atoms with E-state index in [1.165, 1.54) is 11.1 Å². The Balaban J connectivity index is 0.000000200. The van der Waals surface area contributed by atoms with Gasteiger partial charge in [-0.05, 0) is 49.9 Å². The summed E-state index contributed by atoms with van der Waals surface area (Å²) in [6.45, 7) is 8.44. The van der Waals surface area contributed by atoms with Crippen LogP contribution in [0.25, 0.3) is 0 Å². The number of aryl methyl sites for hydroxylation is 4. The molecule has 0 aliphatic carbocycles. The Kier molecular flexibility index (Phi) is 5.82. The van der Waals surface area contributed by atoms with Gasteiger partial charge in [-0.15, -0.1) is 0 Å². The Morgan fingerprint density at radius 1 is 1.00 bits per heavy atom. The lowest BCUT2D eigenvalue weighted by molar-refractivity contribution is 0.962. The molecule has 0 amide bonds. The van der Waals surface area contributed by atoms with Gasteiger partial charge in [-0.1, -0.05) is 12.1 Å². The van der Waals surface area contributed by atoms with E-state index in [4.69, 9.17) is 11.0 Å². The smallest absolute Gasteiger partial charge is 0.143 e. The van der Waals surface area contributed by atoms with E-state index in [-0.39, 0.29) is 0 Å². The lowest BCUT2D eigenvalue weighted by Crippen LogP contribution is -2.01. The van der Waals surface area contributed by atoms with E-state index in [9.17, 15) is 0 Å². The number of nitrogens with zero attached hydrogens (tertiary/aromatic N) is 3. The maximum Gasteiger partial charge on any atom is 0.143 e. The molecule has 2 heterocycles. The minimum atomic E-state index is 0.519. The number of hydrogen-bond acceptors (Lipinski definition) is 4. The molecule has 0 aromatic carbocycles. The van der Waals surface area contributed by atoms with Crippen molar-refractivity contribution in [3.8, 4) is 6.07 Å². The van der Waals surface area contributed by atoms with E-state index in [0.717, 1.165) is 16.8 Å². The fourth-order valence-corrected chi connectivity index (χ4v) is 1.79. The quantitative estimate of drug-likeness (QED) is 0.862. The normalized spacial score (nSPS) is 9.40. The molecule has 104 valence electrons. The van der Waals surface area contributed by atoms with Crippen LogP contribution in [-0.4, -0.2) is 9.97 Å². The van der Waals surface area contributed by atoms with Gasteiger partial charge in [-0.3, -0.25) is 4.98 Å². The highest BCUT2D eigenvalue weighted by Crippen LogP contribution is 2.05. The van der Waals surface area contributed by atoms with E-state index < -0.39 is 0 Å². The second-order valence-electron chi connectivity index (χ2n) is 4.77. The fourth-order valence-electron chi connectivity index (χ4n) is 1.79. The predicted octanol–water partition coefficient (Wildman–Crippen LogP) is 2.73. The number of nitrogens with two attached hydrogens (primary N) is 1. The largest absolute Gasteiger partial charge is 0.325 e. The molecule has 0 atom stereocenters. The summed E-state index contributed by atoms with van der Waals surface area (Å²) < 4.78 is 0. The summed E-state index contributed by atoms with van der Waals surface area (Å²) in [6.07, 6.45) is 3.54. The SMILES string of the molecule is Cc1cnc(C#N)c(C)c1.Cc1cnc(CN)c(C)c1. The molecule has 4 heteroatoms. The van der Waals surface area contributed by atoms with Crippen molar-refractivity contribution in [1.29, 1.82) is 5.26 Å². The van der Waals surface area contributed by atoms with Gasteiger partial charge in [-0.25, -0.2) is 4.98 Å². The molecule has 2 rings (SSSR count). The minimum Gasteiger partial charge on any atom is -0.325 e. The zero-order chi connectivity index (χ0) is 15.1. The van der Waals surface area contributed by atoms with Gasteiger partial charge in [0.25, 0.3) is 0 Å². The van der Waals surface area contributed by atoms with Crippen LogP contribution in [-0.2, 0) is 6.54 Å². The van der Waals surface area contributed by atoms with Gasteiger partial charge >= 0.3 is 0 Å². The highest BCUT2D eigenvalue weighted by molar-refractivity contribution is 5.31. The molecule has 0 bridgehead atoms. The van der Waals surface area contributed by atoms with Gasteiger partial charge < -0.3 is 5.73 Å². The van der Waals surface area contributed by atoms with Crippen LogP contribution in [0.2, 0.25) is 0 Å². The molecule has 0 fully saturated rings. The molecular weight excluding hydrogens is 248 g/mol. The average molecular weight is 268 g/mol. The summed E-state index contributed by atoms with van der Waals surface area (Å²) in [6, 6.07) is 6.05. The summed E-state index contributed by atoms with van der Waals surface area (Å²) in [5.41, 5.74) is 11.4. The molecule has 2 aromatic heterocycles. The van der Waals surface area contributed by atoms with Crippen molar-refractivity contribution < 1.29 is 0 Å². The molecule has 0 aliphatic rings. The van der Waals surface area contributed by atoms with Gasteiger partial charge in [-0.2, -0.15) is 5.26 Å². The van der Waals surface area contributed by atoms with Crippen molar-refractivity contribution in [3.63, 3.8) is 0 Å². The monoisotopic (exact) mass is 268 g/mol. The molecule has 0 spiro atoms. The van der Waals surface area contributed by atoms with Crippen LogP contribution in [0, 0.1) is 39.0 Å². The summed E-state index contributed by atoms with van der Waals surface area (Å²) in [5.74, 6) is 0. The fraction of sp³-hybridized carbons (Fsp3) is 0.312. The van der Waals surface area contributed by atoms with E-state index in [1.54, 1.807) is 6.20 Å². The summed E-state index contributed by atoms with van der Waals surface area (Å²) in [7, 11) is 0. The van der Waals surface area contributed by atoms with Crippen LogP contribution in [0.4, 0.5) is 0 Å². The van der Waals surface area contributed by atoms with Gasteiger partial charge in [0.05, 0.1) is 5.69 Å². The van der Waals surface area contributed by atoms with E-state index >= 15 is 0 Å². The van der Waals surface area contributed by atoms with E-state index in [2.05, 4.69) is 16.0 Å². The van der Waals surface area contributed by atoms with Crippen LogP contribution in [0.3, 0.4) is 0 Å². The Morgan fingerprint density at radius 2 is 1.55 bits per heavy atom. The number of rotatable bonds is 1. The van der Waals surface area contributed by atoms with Crippen molar-refractivity contribution in [1.82, 2.24) is 9.97 Å². The number of nitriles is 1. The zero-order valence-electron chi connectivity index (χ0n) is 12.4. The molecule has 0 radical (unpaired) electrons. The Labute approximate surface area is 120 Å². The van der Waals surface area contributed by atoms with Crippen LogP contribution in [0.1, 0.15) is 33.6 Å². The predicted molar refractivity (Wildman–Crippen MR) is 80.0 cm³/mol. The zero-order valence-corrected chi connectivity index (χ0v) is 12.4.